The van der Waals surface area contributed by atoms with Gasteiger partial charge in [-0.15, -0.1) is 11.6 Å². The Labute approximate surface area is 133 Å². The van der Waals surface area contributed by atoms with Crippen LogP contribution in [0, 0.1) is 5.92 Å². The molecule has 0 saturated heterocycles. The summed E-state index contributed by atoms with van der Waals surface area (Å²) in [7, 11) is -3.24. The average Bonchev–Trinajstić information content (AvgIpc) is 3.22. The van der Waals surface area contributed by atoms with Crippen molar-refractivity contribution >= 4 is 21.6 Å². The van der Waals surface area contributed by atoms with Crippen LogP contribution >= 0.6 is 11.6 Å². The van der Waals surface area contributed by atoms with Crippen molar-refractivity contribution < 1.29 is 8.42 Å². The zero-order valence-corrected chi connectivity index (χ0v) is 14.3. The summed E-state index contributed by atoms with van der Waals surface area (Å²) in [5.74, 6) is 1.00. The molecule has 1 aromatic rings. The Hall–Kier alpha value is -0.580. The normalized spacial score (nSPS) is 15.9. The van der Waals surface area contributed by atoms with E-state index in [1.165, 1.54) is 0 Å². The molecule has 1 aromatic carbocycles. The van der Waals surface area contributed by atoms with Gasteiger partial charge >= 0.3 is 0 Å². The highest BCUT2D eigenvalue weighted by Crippen LogP contribution is 2.31. The molecular formula is C16H24ClNO2S. The maximum atomic E-state index is 12.7. The van der Waals surface area contributed by atoms with Crippen LogP contribution in [0.5, 0.6) is 0 Å². The summed E-state index contributed by atoms with van der Waals surface area (Å²) in [5.41, 5.74) is 1.79. The molecule has 0 atom stereocenters. The summed E-state index contributed by atoms with van der Waals surface area (Å²) in [6.45, 7) is 4.89. The molecule has 0 radical (unpaired) electrons. The molecule has 0 aromatic heterocycles. The van der Waals surface area contributed by atoms with Gasteiger partial charge in [-0.05, 0) is 36.3 Å². The third-order valence-electron chi connectivity index (χ3n) is 3.73. The number of hydrogen-bond donors (Lipinski definition) is 0. The van der Waals surface area contributed by atoms with Gasteiger partial charge in [0.1, 0.15) is 0 Å². The van der Waals surface area contributed by atoms with Gasteiger partial charge in [0, 0.05) is 18.5 Å². The first-order valence-electron chi connectivity index (χ1n) is 7.55. The molecule has 1 saturated carbocycles. The summed E-state index contributed by atoms with van der Waals surface area (Å²) in [6, 6.07) is 7.77. The fourth-order valence-corrected chi connectivity index (χ4v) is 4.37. The monoisotopic (exact) mass is 329 g/mol. The molecule has 0 spiro atoms. The van der Waals surface area contributed by atoms with E-state index in [9.17, 15) is 8.42 Å². The van der Waals surface area contributed by atoms with Crippen LogP contribution in [-0.2, 0) is 21.7 Å². The third kappa shape index (κ3) is 4.97. The second-order valence-corrected chi connectivity index (χ2v) is 8.42. The van der Waals surface area contributed by atoms with Crippen molar-refractivity contribution in [3.8, 4) is 0 Å². The first kappa shape index (κ1) is 16.8. The van der Waals surface area contributed by atoms with Gasteiger partial charge in [0.05, 0.1) is 5.75 Å². The van der Waals surface area contributed by atoms with E-state index in [4.69, 9.17) is 11.6 Å². The lowest BCUT2D eigenvalue weighted by Gasteiger charge is -2.23. The van der Waals surface area contributed by atoms with Crippen LogP contribution in [0.1, 0.15) is 44.2 Å². The largest absolute Gasteiger partial charge is 0.218 e. The summed E-state index contributed by atoms with van der Waals surface area (Å²) in [5, 5.41) is 0. The zero-order chi connectivity index (χ0) is 15.5. The lowest BCUT2D eigenvalue weighted by Crippen LogP contribution is -2.35. The molecule has 0 N–H and O–H groups in total. The van der Waals surface area contributed by atoms with E-state index < -0.39 is 10.0 Å². The minimum absolute atomic E-state index is 0.0757. The molecule has 1 aliphatic rings. The zero-order valence-electron chi connectivity index (χ0n) is 12.8. The predicted molar refractivity (Wildman–Crippen MR) is 87.8 cm³/mol. The molecule has 21 heavy (non-hydrogen) atoms. The van der Waals surface area contributed by atoms with Crippen LogP contribution in [0.2, 0.25) is 0 Å². The van der Waals surface area contributed by atoms with E-state index in [0.717, 1.165) is 30.4 Å². The van der Waals surface area contributed by atoms with Crippen LogP contribution < -0.4 is 0 Å². The highest BCUT2D eigenvalue weighted by atomic mass is 35.5. The minimum Gasteiger partial charge on any atom is -0.212 e. The van der Waals surface area contributed by atoms with E-state index in [1.54, 1.807) is 4.31 Å². The second kappa shape index (κ2) is 7.12. The van der Waals surface area contributed by atoms with Gasteiger partial charge in [0.15, 0.2) is 0 Å². The number of halogens is 1. The second-order valence-electron chi connectivity index (χ2n) is 6.23. The minimum atomic E-state index is -3.24. The fraction of sp³-hybridized carbons (Fsp3) is 0.625. The number of rotatable bonds is 8. The average molecular weight is 330 g/mol. The molecule has 0 amide bonds. The van der Waals surface area contributed by atoms with E-state index in [0.29, 0.717) is 18.3 Å². The number of benzene rings is 1. The van der Waals surface area contributed by atoms with Crippen molar-refractivity contribution in [3.63, 3.8) is 0 Å². The van der Waals surface area contributed by atoms with E-state index >= 15 is 0 Å². The van der Waals surface area contributed by atoms with Crippen LogP contribution in [0.3, 0.4) is 0 Å². The van der Waals surface area contributed by atoms with Gasteiger partial charge in [-0.2, -0.15) is 4.31 Å². The number of sulfonamides is 1. The lowest BCUT2D eigenvalue weighted by atomic mass is 10.1. The van der Waals surface area contributed by atoms with Crippen LogP contribution in [-0.4, -0.2) is 25.3 Å². The van der Waals surface area contributed by atoms with Gasteiger partial charge in [0.2, 0.25) is 10.0 Å². The molecular weight excluding hydrogens is 306 g/mol. The Morgan fingerprint density at radius 2 is 1.95 bits per heavy atom. The maximum Gasteiger partial charge on any atom is 0.218 e. The molecule has 3 nitrogen and oxygen atoms in total. The molecule has 0 heterocycles. The van der Waals surface area contributed by atoms with Gasteiger partial charge in [-0.1, -0.05) is 38.1 Å². The Morgan fingerprint density at radius 1 is 1.29 bits per heavy atom. The van der Waals surface area contributed by atoms with Crippen molar-refractivity contribution in [3.05, 3.63) is 35.4 Å². The van der Waals surface area contributed by atoms with Crippen molar-refractivity contribution in [2.45, 2.75) is 50.8 Å². The molecule has 1 fully saturated rings. The topological polar surface area (TPSA) is 37.4 Å². The van der Waals surface area contributed by atoms with Crippen molar-refractivity contribution in [1.29, 1.82) is 0 Å². The van der Waals surface area contributed by atoms with Crippen molar-refractivity contribution in [1.82, 2.24) is 4.31 Å². The summed E-state index contributed by atoms with van der Waals surface area (Å²) in [6.07, 6.45) is 2.91. The van der Waals surface area contributed by atoms with Crippen molar-refractivity contribution in [2.75, 3.05) is 6.54 Å². The van der Waals surface area contributed by atoms with Crippen molar-refractivity contribution in [2.24, 2.45) is 5.92 Å². The number of nitrogens with zero attached hydrogens (tertiary/aromatic N) is 1. The Kier molecular flexibility index (Phi) is 5.69. The number of alkyl halides is 1. The third-order valence-corrected chi connectivity index (χ3v) is 5.94. The Balaban J connectivity index is 2.10. The first-order valence-corrected chi connectivity index (χ1v) is 9.70. The lowest BCUT2D eigenvalue weighted by molar-refractivity contribution is 0.373. The highest BCUT2D eigenvalue weighted by Gasteiger charge is 2.36. The molecule has 118 valence electrons. The molecule has 0 aliphatic heterocycles. The number of hydrogen-bond acceptors (Lipinski definition) is 2. The van der Waals surface area contributed by atoms with Crippen LogP contribution in [0.15, 0.2) is 24.3 Å². The smallest absolute Gasteiger partial charge is 0.212 e. The van der Waals surface area contributed by atoms with Gasteiger partial charge in [0.25, 0.3) is 0 Å². The van der Waals surface area contributed by atoms with Crippen LogP contribution in [0.4, 0.5) is 0 Å². The predicted octanol–water partition coefficient (Wildman–Crippen LogP) is 3.77. The molecule has 5 heteroatoms. The quantitative estimate of drug-likeness (QED) is 0.681. The van der Waals surface area contributed by atoms with E-state index in [1.807, 2.05) is 24.3 Å². The summed E-state index contributed by atoms with van der Waals surface area (Å²) >= 11 is 5.82. The van der Waals surface area contributed by atoms with E-state index in [-0.39, 0.29) is 11.8 Å². The molecule has 1 aliphatic carbocycles. The maximum absolute atomic E-state index is 12.7. The Morgan fingerprint density at radius 3 is 2.52 bits per heavy atom. The standard InChI is InChI=1S/C16H24ClNO2S/c1-13(2)8-9-18(16-6-7-16)21(19,20)12-15-5-3-4-14(10-15)11-17/h3-5,10,13,16H,6-9,11-12H2,1-2H3. The fourth-order valence-electron chi connectivity index (χ4n) is 2.39. The first-order chi connectivity index (χ1) is 9.92. The molecule has 0 bridgehead atoms. The SMILES string of the molecule is CC(C)CCN(C1CC1)S(=O)(=O)Cc1cccc(CCl)c1. The molecule has 0 unspecified atom stereocenters. The summed E-state index contributed by atoms with van der Waals surface area (Å²) in [4.78, 5) is 0. The van der Waals surface area contributed by atoms with E-state index in [2.05, 4.69) is 13.8 Å². The van der Waals surface area contributed by atoms with Gasteiger partial charge in [-0.25, -0.2) is 8.42 Å². The van der Waals surface area contributed by atoms with Crippen LogP contribution in [0.25, 0.3) is 0 Å². The van der Waals surface area contributed by atoms with Gasteiger partial charge in [-0.3, -0.25) is 0 Å². The molecule has 2 rings (SSSR count). The Bertz CT molecular complexity index is 567. The highest BCUT2D eigenvalue weighted by molar-refractivity contribution is 7.88. The summed E-state index contributed by atoms with van der Waals surface area (Å²) < 4.78 is 27.1. The van der Waals surface area contributed by atoms with Gasteiger partial charge < -0.3 is 0 Å².